The van der Waals surface area contributed by atoms with Crippen LogP contribution in [0.1, 0.15) is 22.8 Å². The maximum atomic E-state index is 13.1. The van der Waals surface area contributed by atoms with Gasteiger partial charge in [0.15, 0.2) is 5.78 Å². The first-order valence-electron chi connectivity index (χ1n) is 5.58. The van der Waals surface area contributed by atoms with Gasteiger partial charge in [0.25, 0.3) is 0 Å². The lowest BCUT2D eigenvalue weighted by Crippen LogP contribution is -1.98. The van der Waals surface area contributed by atoms with E-state index in [2.05, 4.69) is 0 Å². The Hall–Kier alpha value is -2.67. The van der Waals surface area contributed by atoms with Crippen LogP contribution in [0.3, 0.4) is 0 Å². The Labute approximate surface area is 109 Å². The number of hydrogen-bond donors (Lipinski definition) is 0. The Morgan fingerprint density at radius 1 is 1.21 bits per heavy atom. The molecule has 2 rings (SSSR count). The minimum atomic E-state index is -0.489. The van der Waals surface area contributed by atoms with E-state index in [0.717, 1.165) is 6.07 Å². The molecule has 0 bridgehead atoms. The van der Waals surface area contributed by atoms with Gasteiger partial charge in [-0.25, -0.2) is 4.39 Å². The van der Waals surface area contributed by atoms with Crippen LogP contribution < -0.4 is 4.74 Å². The molecule has 0 saturated carbocycles. The van der Waals surface area contributed by atoms with Gasteiger partial charge in [-0.15, -0.1) is 0 Å². The molecule has 0 amide bonds. The molecule has 2 aromatic carbocycles. The van der Waals surface area contributed by atoms with E-state index in [9.17, 15) is 9.18 Å². The van der Waals surface area contributed by atoms with E-state index in [1.165, 1.54) is 19.1 Å². The van der Waals surface area contributed by atoms with Gasteiger partial charge in [-0.05, 0) is 49.4 Å². The summed E-state index contributed by atoms with van der Waals surface area (Å²) in [5.41, 5.74) is 0.697. The van der Waals surface area contributed by atoms with E-state index in [1.807, 2.05) is 6.07 Å². The monoisotopic (exact) mass is 255 g/mol. The zero-order chi connectivity index (χ0) is 13.8. The molecule has 19 heavy (non-hydrogen) atoms. The summed E-state index contributed by atoms with van der Waals surface area (Å²) in [5.74, 6) is 0.00670. The third-order valence-corrected chi connectivity index (χ3v) is 2.53. The third-order valence-electron chi connectivity index (χ3n) is 2.53. The summed E-state index contributed by atoms with van der Waals surface area (Å²) in [7, 11) is 0. The summed E-state index contributed by atoms with van der Waals surface area (Å²) in [6.45, 7) is 1.35. The first-order valence-corrected chi connectivity index (χ1v) is 5.58. The highest BCUT2D eigenvalue weighted by Gasteiger charge is 2.10. The summed E-state index contributed by atoms with van der Waals surface area (Å²) in [6.07, 6.45) is 0. The van der Waals surface area contributed by atoms with Gasteiger partial charge in [0.05, 0.1) is 17.2 Å². The average Bonchev–Trinajstić information content (AvgIpc) is 2.41. The van der Waals surface area contributed by atoms with Gasteiger partial charge < -0.3 is 4.74 Å². The second-order valence-corrected chi connectivity index (χ2v) is 3.93. The van der Waals surface area contributed by atoms with Gasteiger partial charge in [-0.1, -0.05) is 0 Å². The summed E-state index contributed by atoms with van der Waals surface area (Å²) in [5, 5.41) is 8.69. The van der Waals surface area contributed by atoms with Crippen molar-refractivity contribution in [1.29, 1.82) is 5.26 Å². The van der Waals surface area contributed by atoms with E-state index < -0.39 is 5.82 Å². The number of nitriles is 1. The van der Waals surface area contributed by atoms with E-state index in [0.29, 0.717) is 17.1 Å². The van der Waals surface area contributed by atoms with Crippen LogP contribution in [0.25, 0.3) is 0 Å². The summed E-state index contributed by atoms with van der Waals surface area (Å²) >= 11 is 0. The molecule has 94 valence electrons. The standard InChI is InChI=1S/C15H10FNO2/c1-10(18)14-8-12(16)4-7-15(14)19-13-5-2-11(9-17)3-6-13/h2-8H,1H3. The zero-order valence-electron chi connectivity index (χ0n) is 10.2. The number of ether oxygens (including phenoxy) is 1. The first-order chi connectivity index (χ1) is 9.10. The largest absolute Gasteiger partial charge is 0.457 e. The van der Waals surface area contributed by atoms with Crippen molar-refractivity contribution in [2.75, 3.05) is 0 Å². The number of hydrogen-bond acceptors (Lipinski definition) is 3. The molecule has 0 unspecified atom stereocenters. The molecule has 3 nitrogen and oxygen atoms in total. The molecule has 0 radical (unpaired) electrons. The maximum Gasteiger partial charge on any atom is 0.163 e. The number of Topliss-reactive ketones (excluding diaryl/α,β-unsaturated/α-hetero) is 1. The third kappa shape index (κ3) is 2.96. The van der Waals surface area contributed by atoms with Crippen LogP contribution in [0.4, 0.5) is 4.39 Å². The summed E-state index contributed by atoms with van der Waals surface area (Å²) in [4.78, 5) is 11.4. The Balaban J connectivity index is 2.32. The van der Waals surface area contributed by atoms with Crippen molar-refractivity contribution in [1.82, 2.24) is 0 Å². The molecular formula is C15H10FNO2. The molecule has 0 heterocycles. The predicted octanol–water partition coefficient (Wildman–Crippen LogP) is 3.69. The summed E-state index contributed by atoms with van der Waals surface area (Å²) < 4.78 is 18.6. The Morgan fingerprint density at radius 2 is 1.89 bits per heavy atom. The second-order valence-electron chi connectivity index (χ2n) is 3.93. The fourth-order valence-corrected chi connectivity index (χ4v) is 1.59. The number of carbonyl (C=O) groups is 1. The SMILES string of the molecule is CC(=O)c1cc(F)ccc1Oc1ccc(C#N)cc1. The lowest BCUT2D eigenvalue weighted by Gasteiger charge is -2.09. The minimum Gasteiger partial charge on any atom is -0.457 e. The molecule has 0 aliphatic carbocycles. The average molecular weight is 255 g/mol. The summed E-state index contributed by atoms with van der Waals surface area (Å²) in [6, 6.07) is 12.2. The Kier molecular flexibility index (Phi) is 3.58. The van der Waals surface area contributed by atoms with Gasteiger partial charge in [0, 0.05) is 0 Å². The molecule has 0 aromatic heterocycles. The van der Waals surface area contributed by atoms with Gasteiger partial charge in [-0.2, -0.15) is 5.26 Å². The fourth-order valence-electron chi connectivity index (χ4n) is 1.59. The van der Waals surface area contributed by atoms with Crippen LogP contribution in [-0.4, -0.2) is 5.78 Å². The van der Waals surface area contributed by atoms with Gasteiger partial charge in [0.1, 0.15) is 17.3 Å². The molecule has 0 atom stereocenters. The van der Waals surface area contributed by atoms with Crippen LogP contribution in [0.5, 0.6) is 11.5 Å². The number of halogens is 1. The number of carbonyl (C=O) groups excluding carboxylic acids is 1. The van der Waals surface area contributed by atoms with E-state index >= 15 is 0 Å². The molecule has 0 N–H and O–H groups in total. The fraction of sp³-hybridized carbons (Fsp3) is 0.0667. The number of nitrogens with zero attached hydrogens (tertiary/aromatic N) is 1. The smallest absolute Gasteiger partial charge is 0.163 e. The number of benzene rings is 2. The molecule has 0 fully saturated rings. The van der Waals surface area contributed by atoms with Crippen molar-refractivity contribution in [3.05, 3.63) is 59.4 Å². The van der Waals surface area contributed by atoms with E-state index in [4.69, 9.17) is 10.00 Å². The quantitative estimate of drug-likeness (QED) is 0.786. The molecule has 4 heteroatoms. The molecule has 0 aliphatic heterocycles. The van der Waals surface area contributed by atoms with Crippen molar-refractivity contribution >= 4 is 5.78 Å². The van der Waals surface area contributed by atoms with Gasteiger partial charge >= 0.3 is 0 Å². The van der Waals surface area contributed by atoms with Crippen LogP contribution in [0.15, 0.2) is 42.5 Å². The van der Waals surface area contributed by atoms with Crippen LogP contribution in [0.2, 0.25) is 0 Å². The highest BCUT2D eigenvalue weighted by Crippen LogP contribution is 2.26. The Bertz CT molecular complexity index is 657. The zero-order valence-corrected chi connectivity index (χ0v) is 10.2. The van der Waals surface area contributed by atoms with Crippen molar-refractivity contribution in [2.24, 2.45) is 0 Å². The highest BCUT2D eigenvalue weighted by molar-refractivity contribution is 5.96. The van der Waals surface area contributed by atoms with Crippen molar-refractivity contribution in [3.8, 4) is 17.6 Å². The van der Waals surface area contributed by atoms with Crippen LogP contribution >= 0.6 is 0 Å². The molecule has 0 spiro atoms. The van der Waals surface area contributed by atoms with Crippen molar-refractivity contribution in [3.63, 3.8) is 0 Å². The predicted molar refractivity (Wildman–Crippen MR) is 67.6 cm³/mol. The minimum absolute atomic E-state index is 0.185. The van der Waals surface area contributed by atoms with Crippen molar-refractivity contribution < 1.29 is 13.9 Å². The van der Waals surface area contributed by atoms with Crippen molar-refractivity contribution in [2.45, 2.75) is 6.92 Å². The van der Waals surface area contributed by atoms with Gasteiger partial charge in [-0.3, -0.25) is 4.79 Å². The van der Waals surface area contributed by atoms with Crippen LogP contribution in [0, 0.1) is 17.1 Å². The van der Waals surface area contributed by atoms with Gasteiger partial charge in [0.2, 0.25) is 0 Å². The lowest BCUT2D eigenvalue weighted by atomic mass is 10.1. The normalized spacial score (nSPS) is 9.74. The second kappa shape index (κ2) is 5.32. The molecule has 0 aliphatic rings. The topological polar surface area (TPSA) is 50.1 Å². The van der Waals surface area contributed by atoms with E-state index in [1.54, 1.807) is 24.3 Å². The van der Waals surface area contributed by atoms with E-state index in [-0.39, 0.29) is 11.3 Å². The lowest BCUT2D eigenvalue weighted by molar-refractivity contribution is 0.101. The highest BCUT2D eigenvalue weighted by atomic mass is 19.1. The van der Waals surface area contributed by atoms with Crippen LogP contribution in [-0.2, 0) is 0 Å². The Morgan fingerprint density at radius 3 is 2.47 bits per heavy atom. The number of ketones is 1. The first kappa shape index (κ1) is 12.8. The molecule has 0 saturated heterocycles. The number of rotatable bonds is 3. The maximum absolute atomic E-state index is 13.1. The molecule has 2 aromatic rings. The molecular weight excluding hydrogens is 245 g/mol.